The van der Waals surface area contributed by atoms with E-state index >= 15 is 0 Å². The molecule has 12 heteroatoms. The van der Waals surface area contributed by atoms with E-state index in [9.17, 15) is 13.2 Å². The fourth-order valence-electron chi connectivity index (χ4n) is 3.86. The van der Waals surface area contributed by atoms with Crippen LogP contribution in [0.15, 0.2) is 30.5 Å². The van der Waals surface area contributed by atoms with Crippen molar-refractivity contribution in [3.05, 3.63) is 36.0 Å². The van der Waals surface area contributed by atoms with Crippen LogP contribution in [0.5, 0.6) is 0 Å². The van der Waals surface area contributed by atoms with E-state index in [1.165, 1.54) is 0 Å². The molecule has 1 fully saturated rings. The molecule has 1 aliphatic heterocycles. The maximum absolute atomic E-state index is 13.1. The highest BCUT2D eigenvalue weighted by atomic mass is 35.5. The number of anilines is 3. The third-order valence-electron chi connectivity index (χ3n) is 5.36. The monoisotopic (exact) mass is 503 g/mol. The molecule has 0 aliphatic carbocycles. The number of hydrogen-bond acceptors (Lipinski definition) is 7. The predicted octanol–water partition coefficient (Wildman–Crippen LogP) is 4.30. The summed E-state index contributed by atoms with van der Waals surface area (Å²) < 4.78 is 39.4. The average Bonchev–Trinajstić information content (AvgIpc) is 3.19. The Bertz CT molecular complexity index is 1090. The largest absolute Gasteiger partial charge is 0.416 e. The third kappa shape index (κ3) is 5.51. The summed E-state index contributed by atoms with van der Waals surface area (Å²) >= 11 is 0. The van der Waals surface area contributed by atoms with Crippen molar-refractivity contribution < 1.29 is 13.2 Å². The van der Waals surface area contributed by atoms with Crippen LogP contribution in [0.2, 0.25) is 0 Å². The van der Waals surface area contributed by atoms with Crippen molar-refractivity contribution in [2.24, 2.45) is 0 Å². The van der Waals surface area contributed by atoms with Crippen LogP contribution in [-0.4, -0.2) is 40.6 Å². The van der Waals surface area contributed by atoms with E-state index < -0.39 is 11.7 Å². The summed E-state index contributed by atoms with van der Waals surface area (Å²) in [6.45, 7) is 4.58. The van der Waals surface area contributed by atoms with Crippen LogP contribution >= 0.6 is 24.8 Å². The summed E-state index contributed by atoms with van der Waals surface area (Å²) in [5.74, 6) is 0.810. The van der Waals surface area contributed by atoms with Gasteiger partial charge in [0.1, 0.15) is 5.52 Å². The van der Waals surface area contributed by atoms with Crippen LogP contribution in [0.3, 0.4) is 0 Å². The number of hydrogen-bond donors (Lipinski definition) is 3. The van der Waals surface area contributed by atoms with Crippen molar-refractivity contribution in [1.82, 2.24) is 20.3 Å². The van der Waals surface area contributed by atoms with Gasteiger partial charge in [0.05, 0.1) is 16.6 Å². The highest BCUT2D eigenvalue weighted by molar-refractivity contribution is 5.91. The molecule has 4 rings (SSSR count). The van der Waals surface area contributed by atoms with E-state index in [4.69, 9.17) is 11.5 Å². The van der Waals surface area contributed by atoms with Crippen LogP contribution < -0.4 is 21.7 Å². The third-order valence-corrected chi connectivity index (χ3v) is 5.36. The molecule has 1 atom stereocenters. The first-order chi connectivity index (χ1) is 14.8. The van der Waals surface area contributed by atoms with Gasteiger partial charge in [-0.05, 0) is 43.7 Å². The first-order valence-corrected chi connectivity index (χ1v) is 10.2. The molecule has 0 radical (unpaired) electrons. The summed E-state index contributed by atoms with van der Waals surface area (Å²) in [5, 5.41) is 3.51. The number of aromatic nitrogens is 3. The van der Waals surface area contributed by atoms with Gasteiger partial charge < -0.3 is 21.7 Å². The minimum atomic E-state index is -4.55. The Morgan fingerprint density at radius 1 is 1.15 bits per heavy atom. The van der Waals surface area contributed by atoms with E-state index in [1.807, 2.05) is 0 Å². The Hall–Kier alpha value is -2.56. The van der Waals surface area contributed by atoms with Gasteiger partial charge in [-0.25, -0.2) is 9.97 Å². The number of halogens is 5. The lowest BCUT2D eigenvalue weighted by atomic mass is 10.1. The van der Waals surface area contributed by atoms with Crippen LogP contribution in [0, 0.1) is 0 Å². The molecule has 1 aromatic carbocycles. The number of nitrogens with one attached hydrogen (secondary N) is 1. The predicted molar refractivity (Wildman–Crippen MR) is 130 cm³/mol. The van der Waals surface area contributed by atoms with Crippen LogP contribution in [0.4, 0.5) is 30.4 Å². The molecule has 1 aliphatic rings. The highest BCUT2D eigenvalue weighted by Gasteiger charge is 2.32. The zero-order valence-corrected chi connectivity index (χ0v) is 19.5. The average molecular weight is 504 g/mol. The Morgan fingerprint density at radius 2 is 1.85 bits per heavy atom. The molecule has 5 N–H and O–H groups in total. The molecule has 0 saturated carbocycles. The maximum atomic E-state index is 13.1. The number of fused-ring (bicyclic) bond motifs is 1. The van der Waals surface area contributed by atoms with Crippen LogP contribution in [-0.2, 0) is 6.18 Å². The Kier molecular flexibility index (Phi) is 8.56. The van der Waals surface area contributed by atoms with Gasteiger partial charge >= 0.3 is 6.18 Å². The normalized spacial score (nSPS) is 15.9. The van der Waals surface area contributed by atoms with E-state index in [0.29, 0.717) is 22.9 Å². The number of pyridine rings is 1. The Labute approximate surface area is 202 Å². The molecule has 7 nitrogen and oxygen atoms in total. The fourth-order valence-corrected chi connectivity index (χ4v) is 3.86. The topological polar surface area (TPSA) is 106 Å². The number of nitrogens with two attached hydrogens (primary N) is 2. The quantitative estimate of drug-likeness (QED) is 0.445. The minimum Gasteiger partial charge on any atom is -0.398 e. The molecule has 3 heterocycles. The van der Waals surface area contributed by atoms with E-state index in [1.54, 1.807) is 18.3 Å². The van der Waals surface area contributed by atoms with E-state index in [0.717, 1.165) is 44.6 Å². The Balaban J connectivity index is 0.00000193. The summed E-state index contributed by atoms with van der Waals surface area (Å²) in [6.07, 6.45) is -0.877. The van der Waals surface area contributed by atoms with Crippen molar-refractivity contribution in [2.45, 2.75) is 32.0 Å². The summed E-state index contributed by atoms with van der Waals surface area (Å²) in [6, 6.07) is 5.60. The standard InChI is InChI=1S/C21H24F3N7.2ClH/c1-2-6-27-13-5-8-31(11-13)20-18-16(4-3-7-28-18)29-19(30-20)17-14(25)9-12(10-15(17)26)21(22,23)24;;/h3-4,7,9-10,13,27H,2,5-6,8,11,25-26H2,1H3;2*1H. The SMILES string of the molecule is CCCNC1CCN(c2nc(-c3c(N)cc(C(F)(F)F)cc3N)nc3cccnc23)C1.Cl.Cl. The summed E-state index contributed by atoms with van der Waals surface area (Å²) in [7, 11) is 0. The van der Waals surface area contributed by atoms with Gasteiger partial charge in [-0.2, -0.15) is 13.2 Å². The number of rotatable bonds is 5. The smallest absolute Gasteiger partial charge is 0.398 e. The van der Waals surface area contributed by atoms with Crippen molar-refractivity contribution in [3.8, 4) is 11.4 Å². The maximum Gasteiger partial charge on any atom is 0.416 e. The van der Waals surface area contributed by atoms with Gasteiger partial charge in [0.2, 0.25) is 0 Å². The molecule has 1 unspecified atom stereocenters. The van der Waals surface area contributed by atoms with E-state index in [2.05, 4.69) is 32.1 Å². The molecule has 3 aromatic rings. The fraction of sp³-hybridized carbons (Fsp3) is 0.381. The zero-order chi connectivity index (χ0) is 22.2. The highest BCUT2D eigenvalue weighted by Crippen LogP contribution is 2.39. The number of benzene rings is 1. The van der Waals surface area contributed by atoms with Crippen LogP contribution in [0.1, 0.15) is 25.3 Å². The number of nitrogen functional groups attached to an aromatic ring is 2. The van der Waals surface area contributed by atoms with E-state index in [-0.39, 0.29) is 47.6 Å². The molecule has 1 saturated heterocycles. The van der Waals surface area contributed by atoms with Crippen LogP contribution in [0.25, 0.3) is 22.4 Å². The Morgan fingerprint density at radius 3 is 2.48 bits per heavy atom. The minimum absolute atomic E-state index is 0. The summed E-state index contributed by atoms with van der Waals surface area (Å²) in [4.78, 5) is 15.7. The first kappa shape index (κ1) is 26.7. The summed E-state index contributed by atoms with van der Waals surface area (Å²) in [5.41, 5.74) is 12.2. The van der Waals surface area contributed by atoms with Crippen molar-refractivity contribution >= 4 is 53.0 Å². The molecule has 33 heavy (non-hydrogen) atoms. The van der Waals surface area contributed by atoms with Gasteiger partial charge in [-0.1, -0.05) is 6.92 Å². The number of nitrogens with zero attached hydrogens (tertiary/aromatic N) is 4. The zero-order valence-electron chi connectivity index (χ0n) is 17.9. The first-order valence-electron chi connectivity index (χ1n) is 10.2. The van der Waals surface area contributed by atoms with Gasteiger partial charge in [0.25, 0.3) is 0 Å². The molecule has 180 valence electrons. The van der Waals surface area contributed by atoms with Gasteiger partial charge in [-0.15, -0.1) is 24.8 Å². The van der Waals surface area contributed by atoms with Gasteiger partial charge in [0.15, 0.2) is 11.6 Å². The molecule has 0 spiro atoms. The van der Waals surface area contributed by atoms with Crippen molar-refractivity contribution in [1.29, 1.82) is 0 Å². The molecular formula is C21H26Cl2F3N7. The van der Waals surface area contributed by atoms with Gasteiger partial charge in [-0.3, -0.25) is 4.98 Å². The van der Waals surface area contributed by atoms with Crippen molar-refractivity contribution in [2.75, 3.05) is 36.0 Å². The second kappa shape index (κ2) is 10.6. The number of alkyl halides is 3. The lowest BCUT2D eigenvalue weighted by Gasteiger charge is -2.21. The molecule has 0 bridgehead atoms. The lowest BCUT2D eigenvalue weighted by molar-refractivity contribution is -0.137. The molecular weight excluding hydrogens is 478 g/mol. The second-order valence-corrected chi connectivity index (χ2v) is 7.66. The van der Waals surface area contributed by atoms with Crippen molar-refractivity contribution in [3.63, 3.8) is 0 Å². The van der Waals surface area contributed by atoms with Gasteiger partial charge in [0, 0.05) is 36.7 Å². The lowest BCUT2D eigenvalue weighted by Crippen LogP contribution is -2.33. The second-order valence-electron chi connectivity index (χ2n) is 7.66. The molecule has 2 aromatic heterocycles. The molecule has 0 amide bonds.